The Hall–Kier alpha value is -0.690. The highest BCUT2D eigenvalue weighted by molar-refractivity contribution is 14.1. The maximum Gasteiger partial charge on any atom is 0.273 e. The van der Waals surface area contributed by atoms with E-state index >= 15 is 0 Å². The number of nitro groups is 1. The molecule has 0 saturated heterocycles. The second-order valence-corrected chi connectivity index (χ2v) is 4.02. The van der Waals surface area contributed by atoms with Gasteiger partial charge in [-0.2, -0.15) is 0 Å². The van der Waals surface area contributed by atoms with E-state index in [0.717, 1.165) is 0 Å². The zero-order valence-electron chi connectivity index (χ0n) is 7.08. The van der Waals surface area contributed by atoms with Crippen LogP contribution in [0.4, 0.5) is 5.69 Å². The highest BCUT2D eigenvalue weighted by Gasteiger charge is 2.17. The van der Waals surface area contributed by atoms with Gasteiger partial charge in [-0.25, -0.2) is 0 Å². The zero-order valence-corrected chi connectivity index (χ0v) is 10.00. The van der Waals surface area contributed by atoms with Crippen molar-refractivity contribution in [3.05, 3.63) is 36.9 Å². The molecule has 0 aliphatic heterocycles. The first-order valence-electron chi connectivity index (χ1n) is 3.58. The van der Waals surface area contributed by atoms with Crippen LogP contribution in [-0.2, 0) is 0 Å². The van der Waals surface area contributed by atoms with Crippen molar-refractivity contribution >= 4 is 45.1 Å². The lowest BCUT2D eigenvalue weighted by Gasteiger charge is -2.03. The van der Waals surface area contributed by atoms with Crippen LogP contribution in [0.3, 0.4) is 0 Å². The van der Waals surface area contributed by atoms with Gasteiger partial charge in [-0.15, -0.1) is 0 Å². The van der Waals surface area contributed by atoms with Gasteiger partial charge in [0.2, 0.25) is 0 Å². The van der Waals surface area contributed by atoms with Gasteiger partial charge in [0.15, 0.2) is 0 Å². The van der Waals surface area contributed by atoms with Crippen molar-refractivity contribution in [2.75, 3.05) is 0 Å². The summed E-state index contributed by atoms with van der Waals surface area (Å²) >= 11 is 7.17. The SMILES string of the molecule is Cc1c([N+](=O)[O-])ccc(C(=O)Cl)c1I. The van der Waals surface area contributed by atoms with Crippen LogP contribution < -0.4 is 0 Å². The minimum atomic E-state index is -0.604. The van der Waals surface area contributed by atoms with Crippen molar-refractivity contribution in [3.8, 4) is 0 Å². The first kappa shape index (κ1) is 11.4. The molecule has 0 saturated carbocycles. The molecule has 0 fully saturated rings. The average Bonchev–Trinajstić information content (AvgIpc) is 2.08. The number of benzene rings is 1. The monoisotopic (exact) mass is 325 g/mol. The molecule has 0 radical (unpaired) electrons. The fourth-order valence-corrected chi connectivity index (χ4v) is 2.04. The summed E-state index contributed by atoms with van der Waals surface area (Å²) in [7, 11) is 0. The number of nitro benzene ring substituents is 1. The molecule has 0 aromatic heterocycles. The second-order valence-electron chi connectivity index (χ2n) is 2.60. The number of carbonyl (C=O) groups excluding carboxylic acids is 1. The number of halogens is 2. The Balaban J connectivity index is 3.41. The molecule has 0 heterocycles. The Labute approximate surface area is 98.5 Å². The van der Waals surface area contributed by atoms with E-state index in [-0.39, 0.29) is 5.69 Å². The van der Waals surface area contributed by atoms with Crippen molar-refractivity contribution in [2.24, 2.45) is 0 Å². The van der Waals surface area contributed by atoms with Crippen LogP contribution in [0.15, 0.2) is 12.1 Å². The summed E-state index contributed by atoms with van der Waals surface area (Å²) in [5, 5.41) is 9.94. The van der Waals surface area contributed by atoms with E-state index in [2.05, 4.69) is 0 Å². The average molecular weight is 325 g/mol. The predicted molar refractivity (Wildman–Crippen MR) is 60.7 cm³/mol. The number of nitrogens with zero attached hydrogens (tertiary/aromatic N) is 1. The Bertz CT molecular complexity index is 380. The first-order valence-corrected chi connectivity index (χ1v) is 5.04. The summed E-state index contributed by atoms with van der Waals surface area (Å²) in [5.41, 5.74) is 0.758. The molecule has 0 spiro atoms. The van der Waals surface area contributed by atoms with Crippen LogP contribution in [0, 0.1) is 20.6 Å². The standard InChI is InChI=1S/C8H5ClINO3/c1-4-6(11(13)14)3-2-5(7(4)10)8(9)12/h2-3H,1H3. The van der Waals surface area contributed by atoms with Crippen LogP contribution in [0.5, 0.6) is 0 Å². The third-order valence-electron chi connectivity index (χ3n) is 1.77. The molecule has 74 valence electrons. The molecule has 0 bridgehead atoms. The van der Waals surface area contributed by atoms with Crippen LogP contribution >= 0.6 is 34.2 Å². The lowest BCUT2D eigenvalue weighted by atomic mass is 10.1. The highest BCUT2D eigenvalue weighted by atomic mass is 127. The molecule has 0 N–H and O–H groups in total. The van der Waals surface area contributed by atoms with Gasteiger partial charge < -0.3 is 0 Å². The Kier molecular flexibility index (Phi) is 3.43. The molecule has 0 amide bonds. The van der Waals surface area contributed by atoms with Crippen molar-refractivity contribution < 1.29 is 9.72 Å². The minimum Gasteiger partial charge on any atom is -0.276 e. The highest BCUT2D eigenvalue weighted by Crippen LogP contribution is 2.26. The molecule has 14 heavy (non-hydrogen) atoms. The minimum absolute atomic E-state index is 0.00364. The fraction of sp³-hybridized carbons (Fsp3) is 0.125. The van der Waals surface area contributed by atoms with Crippen molar-refractivity contribution in [1.82, 2.24) is 0 Å². The lowest BCUT2D eigenvalue weighted by molar-refractivity contribution is -0.385. The topological polar surface area (TPSA) is 60.2 Å². The van der Waals surface area contributed by atoms with Crippen LogP contribution in [-0.4, -0.2) is 10.2 Å². The molecule has 0 aliphatic carbocycles. The van der Waals surface area contributed by atoms with Gasteiger partial charge in [-0.3, -0.25) is 14.9 Å². The van der Waals surface area contributed by atoms with Gasteiger partial charge in [-0.1, -0.05) is 0 Å². The van der Waals surface area contributed by atoms with E-state index in [1.807, 2.05) is 22.6 Å². The quantitative estimate of drug-likeness (QED) is 0.363. The third-order valence-corrected chi connectivity index (χ3v) is 3.36. The van der Waals surface area contributed by atoms with Crippen molar-refractivity contribution in [2.45, 2.75) is 6.92 Å². The zero-order chi connectivity index (χ0) is 10.9. The summed E-state index contributed by atoms with van der Waals surface area (Å²) in [6.07, 6.45) is 0. The van der Waals surface area contributed by atoms with E-state index in [1.54, 1.807) is 6.92 Å². The maximum absolute atomic E-state index is 10.9. The van der Waals surface area contributed by atoms with Gasteiger partial charge >= 0.3 is 0 Å². The van der Waals surface area contributed by atoms with E-state index in [1.165, 1.54) is 12.1 Å². The normalized spacial score (nSPS) is 9.93. The van der Waals surface area contributed by atoms with Gasteiger partial charge in [0.1, 0.15) is 0 Å². The summed E-state index contributed by atoms with van der Waals surface area (Å²) in [4.78, 5) is 20.9. The second kappa shape index (κ2) is 4.22. The van der Waals surface area contributed by atoms with Crippen molar-refractivity contribution in [3.63, 3.8) is 0 Å². The van der Waals surface area contributed by atoms with E-state index in [9.17, 15) is 14.9 Å². The van der Waals surface area contributed by atoms with Gasteiger partial charge in [-0.05, 0) is 47.2 Å². The lowest BCUT2D eigenvalue weighted by Crippen LogP contribution is -2.00. The molecule has 1 aromatic carbocycles. The fourth-order valence-electron chi connectivity index (χ4n) is 1.02. The molecule has 1 aromatic rings. The van der Waals surface area contributed by atoms with E-state index < -0.39 is 10.2 Å². The third kappa shape index (κ3) is 2.03. The molecule has 0 unspecified atom stereocenters. The van der Waals surface area contributed by atoms with Crippen molar-refractivity contribution in [1.29, 1.82) is 0 Å². The Morgan fingerprint density at radius 3 is 2.57 bits per heavy atom. The van der Waals surface area contributed by atoms with Crippen LogP contribution in [0.2, 0.25) is 0 Å². The summed E-state index contributed by atoms with van der Waals surface area (Å²) < 4.78 is 0.525. The molecule has 6 heteroatoms. The smallest absolute Gasteiger partial charge is 0.273 e. The maximum atomic E-state index is 10.9. The molecule has 1 rings (SSSR count). The Morgan fingerprint density at radius 2 is 2.14 bits per heavy atom. The van der Waals surface area contributed by atoms with Crippen LogP contribution in [0.1, 0.15) is 15.9 Å². The molecule has 0 aliphatic rings. The largest absolute Gasteiger partial charge is 0.276 e. The van der Waals surface area contributed by atoms with Gasteiger partial charge in [0, 0.05) is 20.8 Å². The van der Waals surface area contributed by atoms with E-state index in [4.69, 9.17) is 11.6 Å². The van der Waals surface area contributed by atoms with Gasteiger partial charge in [0.05, 0.1) is 4.92 Å². The summed E-state index contributed by atoms with van der Waals surface area (Å²) in [6.45, 7) is 1.59. The number of carbonyl (C=O) groups is 1. The molecular formula is C8H5ClINO3. The summed E-state index contributed by atoms with van der Waals surface area (Å²) in [5.74, 6) is 0. The predicted octanol–water partition coefficient (Wildman–Crippen LogP) is 2.89. The Morgan fingerprint density at radius 1 is 1.57 bits per heavy atom. The summed E-state index contributed by atoms with van der Waals surface area (Å²) in [6, 6.07) is 2.65. The van der Waals surface area contributed by atoms with Gasteiger partial charge in [0.25, 0.3) is 10.9 Å². The number of rotatable bonds is 2. The van der Waals surface area contributed by atoms with Crippen LogP contribution in [0.25, 0.3) is 0 Å². The number of hydrogen-bond donors (Lipinski definition) is 0. The molecule has 0 atom stereocenters. The van der Waals surface area contributed by atoms with E-state index in [0.29, 0.717) is 14.7 Å². The number of hydrogen-bond acceptors (Lipinski definition) is 3. The molecular weight excluding hydrogens is 320 g/mol. The molecule has 4 nitrogen and oxygen atoms in total. The first-order chi connectivity index (χ1) is 6.45.